The molecule has 0 unspecified atom stereocenters. The Balaban J connectivity index is 1.69. The van der Waals surface area contributed by atoms with Gasteiger partial charge in [-0.05, 0) is 35.0 Å². The minimum Gasteiger partial charge on any atom is -0.382 e. The van der Waals surface area contributed by atoms with E-state index in [2.05, 4.69) is 46.7 Å². The number of rotatable bonds is 4. The van der Waals surface area contributed by atoms with E-state index in [1.807, 2.05) is 60.7 Å². The molecular weight excluding hydrogens is 394 g/mol. The average Bonchev–Trinajstić information content (AvgIpc) is 2.84. The standard InChI is InChI=1S/C27H21N5/c28-26(29)24-16-7-17-25(30-24)27(31-22-14-5-10-18-8-1-3-12-20(18)22)32-23-15-6-11-19-9-2-4-13-21(19)23/h1-17H,(H3,28,29)(H,31,32). The maximum atomic E-state index is 7.79. The molecule has 0 fully saturated rings. The highest BCUT2D eigenvalue weighted by atomic mass is 15.0. The molecule has 5 aromatic rings. The zero-order valence-electron chi connectivity index (χ0n) is 17.3. The van der Waals surface area contributed by atoms with Crippen molar-refractivity contribution in [1.82, 2.24) is 4.98 Å². The van der Waals surface area contributed by atoms with E-state index in [0.717, 1.165) is 32.9 Å². The highest BCUT2D eigenvalue weighted by molar-refractivity contribution is 6.13. The van der Waals surface area contributed by atoms with Gasteiger partial charge in [0.1, 0.15) is 17.2 Å². The Labute approximate surface area is 185 Å². The number of nitrogen functional groups attached to an aromatic ring is 1. The van der Waals surface area contributed by atoms with Crippen LogP contribution < -0.4 is 11.1 Å². The fraction of sp³-hybridized carbons (Fsp3) is 0. The van der Waals surface area contributed by atoms with Gasteiger partial charge in [0.25, 0.3) is 0 Å². The van der Waals surface area contributed by atoms with Gasteiger partial charge >= 0.3 is 0 Å². The van der Waals surface area contributed by atoms with Crippen molar-refractivity contribution in [3.05, 3.63) is 115 Å². The van der Waals surface area contributed by atoms with Crippen LogP contribution in [0.25, 0.3) is 21.5 Å². The number of fused-ring (bicyclic) bond motifs is 2. The third-order valence-electron chi connectivity index (χ3n) is 5.31. The summed E-state index contributed by atoms with van der Waals surface area (Å²) >= 11 is 0. The summed E-state index contributed by atoms with van der Waals surface area (Å²) in [4.78, 5) is 9.57. The van der Waals surface area contributed by atoms with Crippen LogP contribution in [0.1, 0.15) is 11.4 Å². The second-order valence-corrected chi connectivity index (χ2v) is 7.43. The van der Waals surface area contributed by atoms with Crippen molar-refractivity contribution < 1.29 is 0 Å². The van der Waals surface area contributed by atoms with Gasteiger partial charge in [0.15, 0.2) is 5.84 Å². The smallest absolute Gasteiger partial charge is 0.157 e. The molecule has 154 valence electrons. The predicted octanol–water partition coefficient (Wildman–Crippen LogP) is 5.86. The molecule has 0 saturated heterocycles. The zero-order valence-corrected chi connectivity index (χ0v) is 17.3. The first-order valence-corrected chi connectivity index (χ1v) is 10.3. The number of nitrogens with two attached hydrogens (primary N) is 1. The number of hydrogen-bond donors (Lipinski definition) is 3. The molecule has 0 spiro atoms. The van der Waals surface area contributed by atoms with Gasteiger partial charge in [0.2, 0.25) is 0 Å². The van der Waals surface area contributed by atoms with Crippen LogP contribution in [-0.2, 0) is 0 Å². The van der Waals surface area contributed by atoms with Gasteiger partial charge in [-0.2, -0.15) is 0 Å². The molecule has 0 radical (unpaired) electrons. The van der Waals surface area contributed by atoms with Crippen molar-refractivity contribution in [2.24, 2.45) is 10.7 Å². The summed E-state index contributed by atoms with van der Waals surface area (Å²) in [7, 11) is 0. The second kappa shape index (κ2) is 8.32. The molecule has 1 heterocycles. The molecule has 5 nitrogen and oxygen atoms in total. The highest BCUT2D eigenvalue weighted by Crippen LogP contribution is 2.28. The molecule has 4 aromatic carbocycles. The van der Waals surface area contributed by atoms with Crippen molar-refractivity contribution in [2.75, 3.05) is 5.32 Å². The summed E-state index contributed by atoms with van der Waals surface area (Å²) in [6.07, 6.45) is 0. The Morgan fingerprint density at radius 1 is 0.688 bits per heavy atom. The van der Waals surface area contributed by atoms with Crippen molar-refractivity contribution >= 4 is 44.6 Å². The van der Waals surface area contributed by atoms with Crippen molar-refractivity contribution in [3.63, 3.8) is 0 Å². The van der Waals surface area contributed by atoms with Crippen LogP contribution in [0, 0.1) is 5.41 Å². The summed E-state index contributed by atoms with van der Waals surface area (Å²) in [5, 5.41) is 15.7. The Hall–Kier alpha value is -4.51. The number of amidine groups is 2. The summed E-state index contributed by atoms with van der Waals surface area (Å²) in [5.41, 5.74) is 8.48. The van der Waals surface area contributed by atoms with Crippen LogP contribution >= 0.6 is 0 Å². The van der Waals surface area contributed by atoms with Gasteiger partial charge in [-0.3, -0.25) is 5.41 Å². The fourth-order valence-corrected chi connectivity index (χ4v) is 3.75. The van der Waals surface area contributed by atoms with Gasteiger partial charge in [-0.25, -0.2) is 9.98 Å². The van der Waals surface area contributed by atoms with E-state index < -0.39 is 0 Å². The lowest BCUT2D eigenvalue weighted by Gasteiger charge is -2.14. The summed E-state index contributed by atoms with van der Waals surface area (Å²) in [6, 6.07) is 33.9. The first-order valence-electron chi connectivity index (χ1n) is 10.3. The SMILES string of the molecule is N=C(N)c1cccc(/C(=N\c2cccc3ccccc23)Nc2cccc3ccccc23)n1. The Kier molecular flexibility index (Phi) is 5.06. The third-order valence-corrected chi connectivity index (χ3v) is 5.31. The maximum Gasteiger partial charge on any atom is 0.157 e. The summed E-state index contributed by atoms with van der Waals surface area (Å²) in [5.74, 6) is 0.502. The van der Waals surface area contributed by atoms with E-state index in [0.29, 0.717) is 17.2 Å². The van der Waals surface area contributed by atoms with Crippen LogP contribution in [0.3, 0.4) is 0 Å². The van der Waals surface area contributed by atoms with E-state index in [1.54, 1.807) is 6.07 Å². The van der Waals surface area contributed by atoms with E-state index >= 15 is 0 Å². The average molecular weight is 416 g/mol. The van der Waals surface area contributed by atoms with E-state index in [-0.39, 0.29) is 5.84 Å². The molecule has 5 rings (SSSR count). The number of aromatic nitrogens is 1. The van der Waals surface area contributed by atoms with Gasteiger partial charge in [-0.15, -0.1) is 0 Å². The number of hydrogen-bond acceptors (Lipinski definition) is 3. The number of nitrogens with zero attached hydrogens (tertiary/aromatic N) is 2. The minimum absolute atomic E-state index is 0.0819. The van der Waals surface area contributed by atoms with Crippen LogP contribution in [-0.4, -0.2) is 16.7 Å². The number of pyridine rings is 1. The van der Waals surface area contributed by atoms with Gasteiger partial charge in [0, 0.05) is 16.5 Å². The fourth-order valence-electron chi connectivity index (χ4n) is 3.75. The molecule has 0 saturated carbocycles. The van der Waals surface area contributed by atoms with Gasteiger partial charge < -0.3 is 11.1 Å². The van der Waals surface area contributed by atoms with Gasteiger partial charge in [0.05, 0.1) is 5.69 Å². The number of anilines is 1. The zero-order chi connectivity index (χ0) is 21.9. The lowest BCUT2D eigenvalue weighted by molar-refractivity contribution is 1.22. The lowest BCUT2D eigenvalue weighted by Crippen LogP contribution is -2.19. The Bertz CT molecular complexity index is 1480. The second-order valence-electron chi connectivity index (χ2n) is 7.43. The first kappa shape index (κ1) is 19.5. The number of aliphatic imine (C=N–C) groups is 1. The number of benzene rings is 4. The highest BCUT2D eigenvalue weighted by Gasteiger charge is 2.11. The van der Waals surface area contributed by atoms with Crippen LogP contribution in [0.4, 0.5) is 11.4 Å². The molecule has 0 amide bonds. The predicted molar refractivity (Wildman–Crippen MR) is 133 cm³/mol. The quantitative estimate of drug-likeness (QED) is 0.254. The molecule has 32 heavy (non-hydrogen) atoms. The molecule has 0 aliphatic heterocycles. The lowest BCUT2D eigenvalue weighted by atomic mass is 10.1. The van der Waals surface area contributed by atoms with E-state index in [4.69, 9.17) is 16.1 Å². The van der Waals surface area contributed by atoms with Crippen LogP contribution in [0.2, 0.25) is 0 Å². The molecule has 5 heteroatoms. The third kappa shape index (κ3) is 3.79. The van der Waals surface area contributed by atoms with Crippen molar-refractivity contribution in [2.45, 2.75) is 0 Å². The molecule has 4 N–H and O–H groups in total. The van der Waals surface area contributed by atoms with E-state index in [9.17, 15) is 0 Å². The first-order chi connectivity index (χ1) is 15.7. The minimum atomic E-state index is -0.0819. The monoisotopic (exact) mass is 415 g/mol. The van der Waals surface area contributed by atoms with Crippen molar-refractivity contribution in [3.8, 4) is 0 Å². The Morgan fingerprint density at radius 2 is 1.28 bits per heavy atom. The Morgan fingerprint density at radius 3 is 2.06 bits per heavy atom. The van der Waals surface area contributed by atoms with Gasteiger partial charge in [-0.1, -0.05) is 78.9 Å². The van der Waals surface area contributed by atoms with Crippen molar-refractivity contribution in [1.29, 1.82) is 5.41 Å². The maximum absolute atomic E-state index is 7.79. The molecule has 0 aliphatic carbocycles. The van der Waals surface area contributed by atoms with Crippen LogP contribution in [0.5, 0.6) is 0 Å². The normalized spacial score (nSPS) is 11.6. The molecule has 0 aliphatic rings. The summed E-state index contributed by atoms with van der Waals surface area (Å²) in [6.45, 7) is 0. The molecular formula is C27H21N5. The van der Waals surface area contributed by atoms with Crippen LogP contribution in [0.15, 0.2) is 108 Å². The molecule has 0 bridgehead atoms. The largest absolute Gasteiger partial charge is 0.382 e. The molecule has 0 atom stereocenters. The topological polar surface area (TPSA) is 87.2 Å². The summed E-state index contributed by atoms with van der Waals surface area (Å²) < 4.78 is 0. The van der Waals surface area contributed by atoms with E-state index in [1.165, 1.54) is 0 Å². The molecule has 1 aromatic heterocycles. The number of nitrogens with one attached hydrogen (secondary N) is 2.